The summed E-state index contributed by atoms with van der Waals surface area (Å²) >= 11 is 0. The van der Waals surface area contributed by atoms with Gasteiger partial charge in [0.05, 0.1) is 34.6 Å². The third-order valence-corrected chi connectivity index (χ3v) is 6.58. The summed E-state index contributed by atoms with van der Waals surface area (Å²) in [5, 5.41) is 12.8. The van der Waals surface area contributed by atoms with Gasteiger partial charge in [0.25, 0.3) is 5.91 Å². The molecular weight excluding hydrogens is 430 g/mol. The Bertz CT molecular complexity index is 1500. The number of carbonyl (C=O) groups excluding carboxylic acids is 1. The highest BCUT2D eigenvalue weighted by atomic mass is 16.1. The average molecular weight is 456 g/mol. The molecule has 0 spiro atoms. The van der Waals surface area contributed by atoms with Gasteiger partial charge < -0.3 is 15.2 Å². The number of aromatic amines is 1. The maximum Gasteiger partial charge on any atom is 0.255 e. The molecule has 0 unspecified atom stereocenters. The molecule has 2 N–H and O–H groups in total. The molecule has 10 heteroatoms. The van der Waals surface area contributed by atoms with Crippen molar-refractivity contribution in [2.75, 3.05) is 20.1 Å². The van der Waals surface area contributed by atoms with Crippen LogP contribution in [0, 0.1) is 0 Å². The predicted molar refractivity (Wildman–Crippen MR) is 128 cm³/mol. The van der Waals surface area contributed by atoms with Crippen molar-refractivity contribution in [2.45, 2.75) is 18.9 Å². The van der Waals surface area contributed by atoms with Gasteiger partial charge in [-0.15, -0.1) is 0 Å². The summed E-state index contributed by atoms with van der Waals surface area (Å²) in [4.78, 5) is 27.6. The zero-order valence-corrected chi connectivity index (χ0v) is 19.1. The van der Waals surface area contributed by atoms with Gasteiger partial charge in [-0.05, 0) is 50.7 Å². The standard InChI is InChI=1S/C24H25N9O/c1-31-6-4-17(5-7-31)30-24(34)19-12-29-33-8-3-15(9-20(19)33)18-11-25-23-21(18)22(26-14-27-23)16-10-28-32(2)13-16/h3,8-14,17H,4-7H2,1-2H3,(H,30,34)(H,25,26,27). The first-order chi connectivity index (χ1) is 16.6. The molecule has 1 aliphatic heterocycles. The van der Waals surface area contributed by atoms with Crippen LogP contribution in [-0.2, 0) is 7.05 Å². The third-order valence-electron chi connectivity index (χ3n) is 6.58. The van der Waals surface area contributed by atoms with Gasteiger partial charge in [0.15, 0.2) is 0 Å². The molecule has 0 atom stereocenters. The average Bonchev–Trinajstić information content (AvgIpc) is 3.57. The zero-order chi connectivity index (χ0) is 23.2. The smallest absolute Gasteiger partial charge is 0.255 e. The molecule has 172 valence electrons. The van der Waals surface area contributed by atoms with Gasteiger partial charge in [0.2, 0.25) is 0 Å². The van der Waals surface area contributed by atoms with Gasteiger partial charge in [-0.25, -0.2) is 14.5 Å². The lowest BCUT2D eigenvalue weighted by Gasteiger charge is -2.29. The van der Waals surface area contributed by atoms with Crippen LogP contribution >= 0.6 is 0 Å². The number of amides is 1. The number of aryl methyl sites for hydroxylation is 1. The summed E-state index contributed by atoms with van der Waals surface area (Å²) in [6, 6.07) is 4.18. The Morgan fingerprint density at radius 3 is 2.76 bits per heavy atom. The monoisotopic (exact) mass is 455 g/mol. The van der Waals surface area contributed by atoms with Crippen molar-refractivity contribution in [3.05, 3.63) is 55.0 Å². The lowest BCUT2D eigenvalue weighted by molar-refractivity contribution is 0.0918. The molecule has 0 aromatic carbocycles. The van der Waals surface area contributed by atoms with E-state index in [9.17, 15) is 4.79 Å². The second-order valence-electron chi connectivity index (χ2n) is 8.91. The molecule has 0 radical (unpaired) electrons. The van der Waals surface area contributed by atoms with Crippen LogP contribution in [0.25, 0.3) is 38.9 Å². The normalized spacial score (nSPS) is 15.4. The quantitative estimate of drug-likeness (QED) is 0.431. The number of aromatic nitrogens is 7. The third kappa shape index (κ3) is 3.52. The highest BCUT2D eigenvalue weighted by Gasteiger charge is 2.22. The SMILES string of the molecule is CN1CCC(NC(=O)c2cnn3ccc(-c4c[nH]c5ncnc(-c6cnn(C)c6)c45)cc23)CC1. The Morgan fingerprint density at radius 2 is 1.97 bits per heavy atom. The Kier molecular flexibility index (Phi) is 4.88. The molecule has 10 nitrogen and oxygen atoms in total. The molecule has 0 aliphatic carbocycles. The first-order valence-electron chi connectivity index (χ1n) is 11.3. The van der Waals surface area contributed by atoms with Gasteiger partial charge >= 0.3 is 0 Å². The number of pyridine rings is 1. The number of H-pyrrole nitrogens is 1. The fourth-order valence-electron chi connectivity index (χ4n) is 4.69. The molecule has 5 aromatic heterocycles. The zero-order valence-electron chi connectivity index (χ0n) is 19.1. The van der Waals surface area contributed by atoms with Gasteiger partial charge in [-0.2, -0.15) is 10.2 Å². The molecule has 5 aromatic rings. The molecule has 1 fully saturated rings. The van der Waals surface area contributed by atoms with E-state index >= 15 is 0 Å². The molecule has 34 heavy (non-hydrogen) atoms. The fraction of sp³-hybridized carbons (Fsp3) is 0.292. The van der Waals surface area contributed by atoms with Crippen molar-refractivity contribution in [2.24, 2.45) is 7.05 Å². The Labute approximate surface area is 195 Å². The van der Waals surface area contributed by atoms with E-state index in [0.717, 1.165) is 64.9 Å². The molecule has 0 bridgehead atoms. The summed E-state index contributed by atoms with van der Waals surface area (Å²) in [7, 11) is 3.99. The lowest BCUT2D eigenvalue weighted by Crippen LogP contribution is -2.43. The highest BCUT2D eigenvalue weighted by Crippen LogP contribution is 2.34. The van der Waals surface area contributed by atoms with Crippen LogP contribution in [-0.4, -0.2) is 71.3 Å². The van der Waals surface area contributed by atoms with E-state index in [2.05, 4.69) is 42.4 Å². The summed E-state index contributed by atoms with van der Waals surface area (Å²) in [5.74, 6) is -0.0833. The Morgan fingerprint density at radius 1 is 1.12 bits per heavy atom. The van der Waals surface area contributed by atoms with E-state index in [-0.39, 0.29) is 11.9 Å². The second kappa shape index (κ2) is 8.07. The first kappa shape index (κ1) is 20.5. The van der Waals surface area contributed by atoms with Crippen molar-refractivity contribution in [3.8, 4) is 22.4 Å². The summed E-state index contributed by atoms with van der Waals surface area (Å²) in [6.45, 7) is 1.98. The van der Waals surface area contributed by atoms with Crippen molar-refractivity contribution < 1.29 is 4.79 Å². The number of rotatable bonds is 4. The topological polar surface area (TPSA) is 109 Å². The van der Waals surface area contributed by atoms with Crippen LogP contribution in [0.4, 0.5) is 0 Å². The molecular formula is C24H25N9O. The largest absolute Gasteiger partial charge is 0.349 e. The van der Waals surface area contributed by atoms with E-state index in [0.29, 0.717) is 5.56 Å². The van der Waals surface area contributed by atoms with E-state index < -0.39 is 0 Å². The molecule has 1 saturated heterocycles. The minimum atomic E-state index is -0.0833. The molecule has 6 rings (SSSR count). The first-order valence-corrected chi connectivity index (χ1v) is 11.3. The second-order valence-corrected chi connectivity index (χ2v) is 8.91. The number of nitrogens with one attached hydrogen (secondary N) is 2. The van der Waals surface area contributed by atoms with Crippen LogP contribution in [0.5, 0.6) is 0 Å². The van der Waals surface area contributed by atoms with Crippen LogP contribution in [0.15, 0.2) is 49.4 Å². The maximum absolute atomic E-state index is 13.1. The van der Waals surface area contributed by atoms with E-state index in [1.165, 1.54) is 0 Å². The minimum Gasteiger partial charge on any atom is -0.349 e. The van der Waals surface area contributed by atoms with Crippen LogP contribution in [0.3, 0.4) is 0 Å². The number of piperidine rings is 1. The lowest BCUT2D eigenvalue weighted by atomic mass is 10.0. The molecule has 1 aliphatic rings. The molecule has 1 amide bonds. The van der Waals surface area contributed by atoms with Crippen LogP contribution in [0.1, 0.15) is 23.2 Å². The van der Waals surface area contributed by atoms with Crippen molar-refractivity contribution in [1.82, 2.24) is 44.6 Å². The van der Waals surface area contributed by atoms with E-state index in [4.69, 9.17) is 0 Å². The van der Waals surface area contributed by atoms with Crippen molar-refractivity contribution >= 4 is 22.5 Å². The van der Waals surface area contributed by atoms with E-state index in [1.54, 1.807) is 27.9 Å². The summed E-state index contributed by atoms with van der Waals surface area (Å²) < 4.78 is 3.49. The van der Waals surface area contributed by atoms with Crippen LogP contribution in [0.2, 0.25) is 0 Å². The summed E-state index contributed by atoms with van der Waals surface area (Å²) in [5.41, 5.74) is 5.72. The van der Waals surface area contributed by atoms with Gasteiger partial charge in [-0.1, -0.05) is 0 Å². The van der Waals surface area contributed by atoms with E-state index in [1.807, 2.05) is 37.8 Å². The van der Waals surface area contributed by atoms with Gasteiger partial charge in [0, 0.05) is 42.8 Å². The predicted octanol–water partition coefficient (Wildman–Crippen LogP) is 2.50. The number of fused-ring (bicyclic) bond motifs is 2. The Balaban J connectivity index is 1.39. The highest BCUT2D eigenvalue weighted by molar-refractivity contribution is 6.04. The maximum atomic E-state index is 13.1. The molecule has 0 saturated carbocycles. The number of nitrogens with zero attached hydrogens (tertiary/aromatic N) is 7. The minimum absolute atomic E-state index is 0.0833. The number of hydrogen-bond donors (Lipinski definition) is 2. The number of likely N-dealkylation sites (tertiary alicyclic amines) is 1. The van der Waals surface area contributed by atoms with Crippen molar-refractivity contribution in [1.29, 1.82) is 0 Å². The Hall–Kier alpha value is -4.05. The van der Waals surface area contributed by atoms with Gasteiger partial charge in [0.1, 0.15) is 12.0 Å². The number of carbonyl (C=O) groups is 1. The summed E-state index contributed by atoms with van der Waals surface area (Å²) in [6.07, 6.45) is 12.6. The van der Waals surface area contributed by atoms with Gasteiger partial charge in [-0.3, -0.25) is 9.48 Å². The fourth-order valence-corrected chi connectivity index (χ4v) is 4.69. The van der Waals surface area contributed by atoms with Crippen molar-refractivity contribution in [3.63, 3.8) is 0 Å². The molecule has 6 heterocycles. The van der Waals surface area contributed by atoms with Crippen LogP contribution < -0.4 is 5.32 Å². The number of hydrogen-bond acceptors (Lipinski definition) is 6.